The maximum atomic E-state index is 12.5. The number of aliphatic carboxylic acids is 1. The minimum Gasteiger partial charge on any atom is -0.480 e. The van der Waals surface area contributed by atoms with Crippen LogP contribution < -0.4 is 26.6 Å². The average molecular weight is 1040 g/mol. The SMILES string of the molecule is CC.CC(=O)CNC(=O)OCC1c2ccccc2-c2ccccc21.CC(=O)CNCCNC(=O)OC(C)(C)C.CC(C)(C)OC(=O)NCCN(CC(=O)O)C(=O)CNC(=O)OCC1c2ccccc2-c2ccccc21. The first-order valence-corrected chi connectivity index (χ1v) is 24.8. The van der Waals surface area contributed by atoms with Gasteiger partial charge in [0.15, 0.2) is 0 Å². The molecule has 5 amide bonds. The van der Waals surface area contributed by atoms with Gasteiger partial charge in [0.2, 0.25) is 5.91 Å². The van der Waals surface area contributed by atoms with Gasteiger partial charge in [-0.3, -0.25) is 19.2 Å². The normalized spacial score (nSPS) is 11.8. The smallest absolute Gasteiger partial charge is 0.407 e. The summed E-state index contributed by atoms with van der Waals surface area (Å²) in [6.07, 6.45) is -2.46. The molecule has 0 saturated heterocycles. The third-order valence-corrected chi connectivity index (χ3v) is 10.6. The van der Waals surface area contributed by atoms with E-state index >= 15 is 0 Å². The van der Waals surface area contributed by atoms with Gasteiger partial charge in [-0.25, -0.2) is 19.2 Å². The zero-order valence-corrected chi connectivity index (χ0v) is 44.8. The van der Waals surface area contributed by atoms with Crippen LogP contribution in [0.15, 0.2) is 97.1 Å². The van der Waals surface area contributed by atoms with Crippen molar-refractivity contribution >= 4 is 47.8 Å². The summed E-state index contributed by atoms with van der Waals surface area (Å²) in [5, 5.41) is 21.9. The first-order chi connectivity index (χ1) is 35.5. The zero-order chi connectivity index (χ0) is 55.7. The first-order valence-electron chi connectivity index (χ1n) is 24.8. The number of Topliss-reactive ketones (excluding diaryl/α,β-unsaturated/α-hetero) is 2. The van der Waals surface area contributed by atoms with Crippen LogP contribution in [0.5, 0.6) is 0 Å². The number of ketones is 2. The van der Waals surface area contributed by atoms with Gasteiger partial charge in [-0.2, -0.15) is 0 Å². The molecule has 0 bridgehead atoms. The zero-order valence-electron chi connectivity index (χ0n) is 44.8. The summed E-state index contributed by atoms with van der Waals surface area (Å²) in [6, 6.07) is 32.2. The number of carboxylic acids is 1. The van der Waals surface area contributed by atoms with Gasteiger partial charge < -0.3 is 55.5 Å². The molecule has 0 spiro atoms. The molecular formula is C56H74N6O13. The molecule has 75 heavy (non-hydrogen) atoms. The third kappa shape index (κ3) is 21.7. The lowest BCUT2D eigenvalue weighted by Gasteiger charge is -2.23. The van der Waals surface area contributed by atoms with E-state index in [9.17, 15) is 38.4 Å². The monoisotopic (exact) mass is 1040 g/mol. The van der Waals surface area contributed by atoms with Crippen LogP contribution >= 0.6 is 0 Å². The Hall–Kier alpha value is -7.80. The lowest BCUT2D eigenvalue weighted by molar-refractivity contribution is -0.144. The number of nitrogens with one attached hydrogen (secondary N) is 5. The number of rotatable bonds is 18. The van der Waals surface area contributed by atoms with Gasteiger partial charge in [-0.15, -0.1) is 0 Å². The van der Waals surface area contributed by atoms with Crippen LogP contribution in [0.2, 0.25) is 0 Å². The van der Waals surface area contributed by atoms with Crippen molar-refractivity contribution in [1.29, 1.82) is 0 Å². The van der Waals surface area contributed by atoms with E-state index in [4.69, 9.17) is 24.1 Å². The maximum absolute atomic E-state index is 12.5. The summed E-state index contributed by atoms with van der Waals surface area (Å²) in [7, 11) is 0. The molecule has 4 aromatic carbocycles. The van der Waals surface area contributed by atoms with Crippen molar-refractivity contribution in [2.24, 2.45) is 0 Å². The van der Waals surface area contributed by atoms with Crippen LogP contribution in [0.1, 0.15) is 103 Å². The first kappa shape index (κ1) is 61.5. The minimum atomic E-state index is -1.22. The van der Waals surface area contributed by atoms with Gasteiger partial charge in [0.25, 0.3) is 0 Å². The van der Waals surface area contributed by atoms with Crippen LogP contribution in [0.4, 0.5) is 19.2 Å². The van der Waals surface area contributed by atoms with Gasteiger partial charge >= 0.3 is 30.3 Å². The molecule has 4 aromatic rings. The van der Waals surface area contributed by atoms with E-state index in [-0.39, 0.29) is 56.3 Å². The van der Waals surface area contributed by atoms with E-state index in [1.54, 1.807) is 41.5 Å². The molecule has 0 radical (unpaired) electrons. The van der Waals surface area contributed by atoms with Gasteiger partial charge in [-0.1, -0.05) is 111 Å². The van der Waals surface area contributed by atoms with Crippen LogP contribution in [0.25, 0.3) is 22.3 Å². The number of alkyl carbamates (subject to hydrolysis) is 4. The van der Waals surface area contributed by atoms with E-state index in [0.29, 0.717) is 19.6 Å². The molecule has 6 N–H and O–H groups in total. The van der Waals surface area contributed by atoms with Crippen LogP contribution in [0, 0.1) is 0 Å². The van der Waals surface area contributed by atoms with E-state index < -0.39 is 60.5 Å². The van der Waals surface area contributed by atoms with Crippen LogP contribution in [-0.2, 0) is 38.1 Å². The summed E-state index contributed by atoms with van der Waals surface area (Å²) in [5.41, 5.74) is 7.88. The van der Waals surface area contributed by atoms with Gasteiger partial charge in [-0.05, 0) is 99.9 Å². The Morgan fingerprint density at radius 2 is 0.853 bits per heavy atom. The predicted octanol–water partition coefficient (Wildman–Crippen LogP) is 7.79. The molecule has 2 aliphatic rings. The molecule has 0 unspecified atom stereocenters. The molecule has 0 heterocycles. The Bertz CT molecular complexity index is 2480. The number of hydrogen-bond acceptors (Lipinski definition) is 13. The summed E-state index contributed by atoms with van der Waals surface area (Å²) < 4.78 is 20.8. The Kier molecular flexibility index (Phi) is 24.9. The van der Waals surface area contributed by atoms with Gasteiger partial charge in [0.1, 0.15) is 49.1 Å². The molecule has 19 heteroatoms. The van der Waals surface area contributed by atoms with Crippen molar-refractivity contribution in [3.63, 3.8) is 0 Å². The molecule has 0 aliphatic heterocycles. The van der Waals surface area contributed by atoms with Gasteiger partial charge in [0.05, 0.1) is 13.1 Å². The quantitative estimate of drug-likeness (QED) is 0.0411. The molecular weight excluding hydrogens is 965 g/mol. The van der Waals surface area contributed by atoms with Crippen LogP contribution in [0.3, 0.4) is 0 Å². The van der Waals surface area contributed by atoms with E-state index in [1.807, 2.05) is 86.6 Å². The molecule has 0 saturated carbocycles. The second-order valence-corrected chi connectivity index (χ2v) is 19.0. The Balaban J connectivity index is 0.000000322. The molecule has 0 fully saturated rings. The number of nitrogens with zero attached hydrogens (tertiary/aromatic N) is 1. The fourth-order valence-corrected chi connectivity index (χ4v) is 7.65. The van der Waals surface area contributed by atoms with Crippen molar-refractivity contribution in [1.82, 2.24) is 31.5 Å². The van der Waals surface area contributed by atoms with Crippen LogP contribution in [-0.4, -0.2) is 135 Å². The summed E-state index contributed by atoms with van der Waals surface area (Å²) in [6.45, 7) is 18.0. The predicted molar refractivity (Wildman–Crippen MR) is 284 cm³/mol. The Morgan fingerprint density at radius 3 is 1.21 bits per heavy atom. The number of carbonyl (C=O) groups excluding carboxylic acids is 7. The fraction of sp³-hybridized carbons (Fsp3) is 0.429. The lowest BCUT2D eigenvalue weighted by Crippen LogP contribution is -2.46. The van der Waals surface area contributed by atoms with E-state index in [2.05, 4.69) is 50.8 Å². The summed E-state index contributed by atoms with van der Waals surface area (Å²) >= 11 is 0. The number of fused-ring (bicyclic) bond motifs is 6. The molecule has 6 rings (SSSR count). The van der Waals surface area contributed by atoms with Crippen molar-refractivity contribution in [3.8, 4) is 22.3 Å². The number of carbonyl (C=O) groups is 8. The molecule has 19 nitrogen and oxygen atoms in total. The second-order valence-electron chi connectivity index (χ2n) is 19.0. The Labute approximate surface area is 439 Å². The number of hydrogen-bond donors (Lipinski definition) is 6. The Morgan fingerprint density at radius 1 is 0.493 bits per heavy atom. The maximum Gasteiger partial charge on any atom is 0.407 e. The lowest BCUT2D eigenvalue weighted by atomic mass is 9.98. The van der Waals surface area contributed by atoms with Crippen molar-refractivity contribution in [2.45, 2.75) is 92.3 Å². The average Bonchev–Trinajstić information content (AvgIpc) is 3.85. The van der Waals surface area contributed by atoms with E-state index in [0.717, 1.165) is 27.2 Å². The fourth-order valence-electron chi connectivity index (χ4n) is 7.65. The topological polar surface area (TPSA) is 257 Å². The molecule has 0 atom stereocenters. The number of carboxylic acid groups (broad SMARTS) is 1. The second kappa shape index (κ2) is 30.4. The van der Waals surface area contributed by atoms with Crippen molar-refractivity contribution in [3.05, 3.63) is 119 Å². The number of amides is 5. The standard InChI is InChI=1S/C26H31N3O7.C18H17NO3.C10H20N2O3.C2H6/c1-26(2,3)36-25(34)27-12-13-29(15-23(31)32)22(30)14-28-24(33)35-16-21-19-10-6-4-8-17(19)18-9-5-7-11-20(18)21;1-12(20)10-19-18(21)22-11-17-15-8-4-2-6-13(15)14-7-3-5-9-16(14)17;1-8(13)7-11-5-6-12-9(14)15-10(2,3)4;1-2/h4-11,21H,12-16H2,1-3H3,(H,27,34)(H,28,33)(H,31,32);2-9,17H,10-11H2,1H3,(H,19,21);11H,5-7H2,1-4H3,(H,12,14);1-2H3. The molecule has 406 valence electrons. The van der Waals surface area contributed by atoms with Crippen molar-refractivity contribution in [2.75, 3.05) is 65.6 Å². The summed E-state index contributed by atoms with van der Waals surface area (Å²) in [5.74, 6) is -1.96. The van der Waals surface area contributed by atoms with Gasteiger partial charge in [0, 0.05) is 38.0 Å². The number of ether oxygens (including phenoxy) is 4. The summed E-state index contributed by atoms with van der Waals surface area (Å²) in [4.78, 5) is 93.0. The molecule has 2 aliphatic carbocycles. The highest BCUT2D eigenvalue weighted by atomic mass is 16.6. The largest absolute Gasteiger partial charge is 0.480 e. The highest BCUT2D eigenvalue weighted by molar-refractivity contribution is 5.86. The minimum absolute atomic E-state index is 0.00330. The highest BCUT2D eigenvalue weighted by Crippen LogP contribution is 2.45. The van der Waals surface area contributed by atoms with Crippen molar-refractivity contribution < 1.29 is 62.4 Å². The third-order valence-electron chi connectivity index (χ3n) is 10.6. The highest BCUT2D eigenvalue weighted by Gasteiger charge is 2.31. The van der Waals surface area contributed by atoms with E-state index in [1.165, 1.54) is 36.1 Å². The number of benzene rings is 4. The molecule has 0 aromatic heterocycles.